The first-order valence-electron chi connectivity index (χ1n) is 10.8. The average Bonchev–Trinajstić information content (AvgIpc) is 3.10. The van der Waals surface area contributed by atoms with Gasteiger partial charge in [0.25, 0.3) is 0 Å². The molecule has 0 amide bonds. The molecule has 160 valence electrons. The molecule has 0 N–H and O–H groups in total. The SMILES string of the molecule is CC(C)(C)S(=O)(=O)CC1CCC(C2=Cc3cc(F)c(-c4ccccn4)cc3C2)CC1. The van der Waals surface area contributed by atoms with E-state index in [0.717, 1.165) is 43.2 Å². The van der Waals surface area contributed by atoms with Gasteiger partial charge in [-0.25, -0.2) is 12.8 Å². The van der Waals surface area contributed by atoms with E-state index in [2.05, 4.69) is 11.1 Å². The zero-order chi connectivity index (χ0) is 21.5. The molecule has 3 nitrogen and oxygen atoms in total. The summed E-state index contributed by atoms with van der Waals surface area (Å²) < 4.78 is 39.1. The summed E-state index contributed by atoms with van der Waals surface area (Å²) in [4.78, 5) is 4.29. The van der Waals surface area contributed by atoms with E-state index in [1.54, 1.807) is 33.0 Å². The maximum absolute atomic E-state index is 14.7. The lowest BCUT2D eigenvalue weighted by Gasteiger charge is -2.31. The topological polar surface area (TPSA) is 47.0 Å². The summed E-state index contributed by atoms with van der Waals surface area (Å²) in [5.74, 6) is 0.776. The third-order valence-electron chi connectivity index (χ3n) is 6.66. The lowest BCUT2D eigenvalue weighted by atomic mass is 9.78. The van der Waals surface area contributed by atoms with Crippen LogP contribution in [0.4, 0.5) is 4.39 Å². The number of pyridine rings is 1. The van der Waals surface area contributed by atoms with E-state index in [1.165, 1.54) is 5.57 Å². The van der Waals surface area contributed by atoms with Gasteiger partial charge in [0.05, 0.1) is 16.2 Å². The smallest absolute Gasteiger partial charge is 0.155 e. The summed E-state index contributed by atoms with van der Waals surface area (Å²) in [7, 11) is -3.08. The van der Waals surface area contributed by atoms with Crippen LogP contribution in [0.2, 0.25) is 0 Å². The van der Waals surface area contributed by atoms with Gasteiger partial charge in [0.15, 0.2) is 9.84 Å². The van der Waals surface area contributed by atoms with Crippen molar-refractivity contribution in [1.82, 2.24) is 4.98 Å². The number of nitrogens with zero attached hydrogens (tertiary/aromatic N) is 1. The predicted octanol–water partition coefficient (Wildman–Crippen LogP) is 5.85. The van der Waals surface area contributed by atoms with Crippen LogP contribution in [0.1, 0.15) is 57.6 Å². The normalized spacial score (nSPS) is 21.9. The number of fused-ring (bicyclic) bond motifs is 1. The second kappa shape index (κ2) is 7.92. The molecule has 0 bridgehead atoms. The van der Waals surface area contributed by atoms with Crippen LogP contribution in [0.5, 0.6) is 0 Å². The van der Waals surface area contributed by atoms with Crippen molar-refractivity contribution in [2.75, 3.05) is 5.75 Å². The minimum absolute atomic E-state index is 0.235. The second-order valence-corrected chi connectivity index (χ2v) is 12.5. The molecule has 30 heavy (non-hydrogen) atoms. The fraction of sp³-hybridized carbons (Fsp3) is 0.480. The van der Waals surface area contributed by atoms with Crippen LogP contribution in [0.15, 0.2) is 42.1 Å². The number of aromatic nitrogens is 1. The highest BCUT2D eigenvalue weighted by atomic mass is 32.2. The molecule has 2 aromatic rings. The van der Waals surface area contributed by atoms with Crippen molar-refractivity contribution in [3.05, 3.63) is 59.0 Å². The van der Waals surface area contributed by atoms with Crippen molar-refractivity contribution in [3.63, 3.8) is 0 Å². The molecule has 1 heterocycles. The highest BCUT2D eigenvalue weighted by Crippen LogP contribution is 2.41. The molecule has 2 aliphatic carbocycles. The summed E-state index contributed by atoms with van der Waals surface area (Å²) >= 11 is 0. The van der Waals surface area contributed by atoms with Crippen molar-refractivity contribution in [3.8, 4) is 11.3 Å². The van der Waals surface area contributed by atoms with E-state index in [-0.39, 0.29) is 11.7 Å². The summed E-state index contributed by atoms with van der Waals surface area (Å²) in [6, 6.07) is 9.11. The third-order valence-corrected chi connectivity index (χ3v) is 9.44. The Morgan fingerprint density at radius 1 is 1.10 bits per heavy atom. The van der Waals surface area contributed by atoms with E-state index in [4.69, 9.17) is 0 Å². The first kappa shape index (κ1) is 21.2. The Morgan fingerprint density at radius 2 is 1.83 bits per heavy atom. The van der Waals surface area contributed by atoms with E-state index >= 15 is 0 Å². The molecular weight excluding hydrogens is 397 g/mol. The minimum Gasteiger partial charge on any atom is -0.256 e. The van der Waals surface area contributed by atoms with Crippen LogP contribution in [-0.4, -0.2) is 23.9 Å². The molecular formula is C25H30FNO2S. The Kier molecular flexibility index (Phi) is 5.60. The molecule has 1 aromatic heterocycles. The second-order valence-electron chi connectivity index (χ2n) is 9.75. The van der Waals surface area contributed by atoms with Gasteiger partial charge in [-0.3, -0.25) is 4.98 Å². The molecule has 2 aliphatic rings. The van der Waals surface area contributed by atoms with Crippen molar-refractivity contribution in [2.45, 2.75) is 57.6 Å². The van der Waals surface area contributed by atoms with Gasteiger partial charge < -0.3 is 0 Å². The fourth-order valence-corrected chi connectivity index (χ4v) is 6.09. The molecule has 1 saturated carbocycles. The molecule has 0 aliphatic heterocycles. The van der Waals surface area contributed by atoms with Crippen LogP contribution in [0, 0.1) is 17.7 Å². The van der Waals surface area contributed by atoms with Crippen molar-refractivity contribution >= 4 is 15.9 Å². The molecule has 1 fully saturated rings. The molecule has 1 aromatic carbocycles. The molecule has 0 saturated heterocycles. The molecule has 0 spiro atoms. The number of hydrogen-bond acceptors (Lipinski definition) is 3. The number of benzene rings is 1. The van der Waals surface area contributed by atoms with Crippen LogP contribution >= 0.6 is 0 Å². The summed E-state index contributed by atoms with van der Waals surface area (Å²) in [5.41, 5.74) is 4.70. The lowest BCUT2D eigenvalue weighted by Crippen LogP contribution is -2.34. The van der Waals surface area contributed by atoms with Crippen LogP contribution < -0.4 is 0 Å². The highest BCUT2D eigenvalue weighted by Gasteiger charge is 2.34. The number of halogens is 1. The van der Waals surface area contributed by atoms with Gasteiger partial charge in [-0.05, 0) is 100 Å². The van der Waals surface area contributed by atoms with Crippen LogP contribution in [0.3, 0.4) is 0 Å². The van der Waals surface area contributed by atoms with Gasteiger partial charge in [-0.1, -0.05) is 17.7 Å². The van der Waals surface area contributed by atoms with Gasteiger partial charge in [0.2, 0.25) is 0 Å². The first-order valence-corrected chi connectivity index (χ1v) is 12.5. The van der Waals surface area contributed by atoms with Gasteiger partial charge in [-0.15, -0.1) is 0 Å². The van der Waals surface area contributed by atoms with Gasteiger partial charge in [0, 0.05) is 11.8 Å². The van der Waals surface area contributed by atoms with E-state index in [0.29, 0.717) is 22.9 Å². The predicted molar refractivity (Wildman–Crippen MR) is 120 cm³/mol. The molecule has 0 radical (unpaired) electrons. The quantitative estimate of drug-likeness (QED) is 0.615. The summed E-state index contributed by atoms with van der Waals surface area (Å²) in [6.07, 6.45) is 8.61. The van der Waals surface area contributed by atoms with Crippen LogP contribution in [0.25, 0.3) is 17.3 Å². The number of sulfone groups is 1. The molecule has 0 unspecified atom stereocenters. The molecule has 0 atom stereocenters. The number of rotatable bonds is 4. The standard InChI is InChI=1S/C25H30FNO2S/c1-25(2,3)30(28,29)16-17-7-9-18(10-8-17)19-12-20-14-22(23(26)15-21(20)13-19)24-6-4-5-11-27-24/h4-6,11,13-15,17-18H,7-10,12,16H2,1-3H3. The van der Waals surface area contributed by atoms with Gasteiger partial charge in [0.1, 0.15) is 5.82 Å². The highest BCUT2D eigenvalue weighted by molar-refractivity contribution is 7.92. The fourth-order valence-electron chi connectivity index (χ4n) is 4.63. The van der Waals surface area contributed by atoms with Crippen molar-refractivity contribution in [2.24, 2.45) is 11.8 Å². The zero-order valence-electron chi connectivity index (χ0n) is 18.0. The van der Waals surface area contributed by atoms with Crippen molar-refractivity contribution < 1.29 is 12.8 Å². The third kappa shape index (κ3) is 4.22. The largest absolute Gasteiger partial charge is 0.256 e. The van der Waals surface area contributed by atoms with E-state index < -0.39 is 14.6 Å². The summed E-state index contributed by atoms with van der Waals surface area (Å²) in [6.45, 7) is 5.35. The lowest BCUT2D eigenvalue weighted by molar-refractivity contribution is 0.319. The van der Waals surface area contributed by atoms with E-state index in [9.17, 15) is 12.8 Å². The van der Waals surface area contributed by atoms with E-state index in [1.807, 2.05) is 24.3 Å². The Hall–Kier alpha value is -2.01. The minimum atomic E-state index is -3.08. The Bertz CT molecular complexity index is 1060. The first-order chi connectivity index (χ1) is 14.1. The molecule has 4 rings (SSSR count). The van der Waals surface area contributed by atoms with Gasteiger partial charge in [-0.2, -0.15) is 0 Å². The molecule has 5 heteroatoms. The summed E-state index contributed by atoms with van der Waals surface area (Å²) in [5, 5.41) is 0. The maximum atomic E-state index is 14.7. The Balaban J connectivity index is 1.43. The Morgan fingerprint density at radius 3 is 2.47 bits per heavy atom. The zero-order valence-corrected chi connectivity index (χ0v) is 18.8. The average molecular weight is 428 g/mol. The van der Waals surface area contributed by atoms with Gasteiger partial charge >= 0.3 is 0 Å². The monoisotopic (exact) mass is 427 g/mol. The van der Waals surface area contributed by atoms with Crippen molar-refractivity contribution in [1.29, 1.82) is 0 Å². The van der Waals surface area contributed by atoms with Crippen LogP contribution in [-0.2, 0) is 16.3 Å². The maximum Gasteiger partial charge on any atom is 0.155 e. The Labute approximate surface area is 179 Å². The number of allylic oxidation sites excluding steroid dienone is 1. The number of hydrogen-bond donors (Lipinski definition) is 0.